The molecule has 0 aliphatic carbocycles. The van der Waals surface area contributed by atoms with Gasteiger partial charge in [0.25, 0.3) is 20.2 Å². The van der Waals surface area contributed by atoms with Gasteiger partial charge in [0.15, 0.2) is 0 Å². The fourth-order valence-electron chi connectivity index (χ4n) is 6.88. The van der Waals surface area contributed by atoms with E-state index < -0.39 is 20.2 Å². The Bertz CT molecular complexity index is 2790. The monoisotopic (exact) mass is 846 g/mol. The molecule has 2 aromatic carbocycles. The molecule has 0 N–H and O–H groups in total. The van der Waals surface area contributed by atoms with E-state index in [1.54, 1.807) is 48.5 Å². The molecule has 2 aliphatic rings. The molecule has 0 saturated heterocycles. The summed E-state index contributed by atoms with van der Waals surface area (Å²) in [7, 11) is -7.82. The molecule has 0 saturated carbocycles. The molecular formula is C44H44N4NiO6S2. The number of benzene rings is 2. The van der Waals surface area contributed by atoms with Gasteiger partial charge in [-0.3, -0.25) is 8.37 Å². The normalized spacial score (nSPS) is 13.1. The van der Waals surface area contributed by atoms with Gasteiger partial charge >= 0.3 is 16.5 Å². The molecule has 0 fully saturated rings. The first-order valence-corrected chi connectivity index (χ1v) is 21.4. The smallest absolute Gasteiger partial charge is 0.658 e. The number of nitrogens with zero attached hydrogens (tertiary/aromatic N) is 4. The number of aromatic nitrogens is 4. The third-order valence-corrected chi connectivity index (χ3v) is 12.8. The molecule has 0 atom stereocenters. The van der Waals surface area contributed by atoms with E-state index in [4.69, 9.17) is 28.3 Å². The van der Waals surface area contributed by atoms with Gasteiger partial charge in [0.2, 0.25) is 0 Å². The van der Waals surface area contributed by atoms with Gasteiger partial charge < -0.3 is 9.97 Å². The van der Waals surface area contributed by atoms with Crippen molar-refractivity contribution in [3.05, 3.63) is 129 Å². The zero-order chi connectivity index (χ0) is 39.8. The van der Waals surface area contributed by atoms with Crippen molar-refractivity contribution < 1.29 is 41.7 Å². The van der Waals surface area contributed by atoms with Crippen molar-refractivity contribution in [2.24, 2.45) is 0 Å². The van der Waals surface area contributed by atoms with Crippen LogP contribution in [0.5, 0.6) is 0 Å². The minimum Gasteiger partial charge on any atom is -0.658 e. The standard InChI is InChI=1S/C44H44N4O6S2.Ni/c1-27-11-15-35(16-12-27)55(49,50)53-19-7-9-37-31(5)41-24-34-21-29(3)39(45-34)23-33-22-30(4)40(46-33)25-42-32(6)38(44(48-42)26-43(37)47-41)10-8-20-54-56(51,52)36-17-13-28(2)14-18-36;/h11-18,21-26H,7-10,19-20H2,1-6H3;/q-2;+2. The van der Waals surface area contributed by atoms with Crippen LogP contribution in [0.15, 0.2) is 88.7 Å². The average Bonchev–Trinajstić information content (AvgIpc) is 3.85. The molecule has 57 heavy (non-hydrogen) atoms. The number of allylic oxidation sites excluding steroid dienone is 3. The molecule has 2 aliphatic heterocycles. The van der Waals surface area contributed by atoms with Crippen LogP contribution in [0.3, 0.4) is 0 Å². The summed E-state index contributed by atoms with van der Waals surface area (Å²) in [6, 6.07) is 23.1. The first kappa shape index (κ1) is 42.0. The fourth-order valence-corrected chi connectivity index (χ4v) is 8.76. The van der Waals surface area contributed by atoms with Crippen LogP contribution in [-0.4, -0.2) is 40.0 Å². The van der Waals surface area contributed by atoms with E-state index >= 15 is 0 Å². The summed E-state index contributed by atoms with van der Waals surface area (Å²) >= 11 is 0. The minimum atomic E-state index is -3.91. The van der Waals surface area contributed by atoms with Crippen LogP contribution >= 0.6 is 0 Å². The maximum Gasteiger partial charge on any atom is 2.00 e. The Kier molecular flexibility index (Phi) is 12.6. The fraction of sp³-hybridized carbons (Fsp3) is 0.273. The minimum absolute atomic E-state index is 0. The van der Waals surface area contributed by atoms with Crippen molar-refractivity contribution in [2.45, 2.75) is 77.0 Å². The summed E-state index contributed by atoms with van der Waals surface area (Å²) in [6.45, 7) is 11.9. The third kappa shape index (κ3) is 9.40. The van der Waals surface area contributed by atoms with Crippen molar-refractivity contribution in [1.29, 1.82) is 0 Å². The molecule has 3 aromatic heterocycles. The van der Waals surface area contributed by atoms with Crippen molar-refractivity contribution >= 4 is 65.1 Å². The Morgan fingerprint density at radius 2 is 1.18 bits per heavy atom. The molecule has 0 unspecified atom stereocenters. The van der Waals surface area contributed by atoms with E-state index in [1.165, 1.54) is 0 Å². The summed E-state index contributed by atoms with van der Waals surface area (Å²) in [4.78, 5) is 20.3. The summed E-state index contributed by atoms with van der Waals surface area (Å²) in [5, 5.41) is 0. The number of hydrogen-bond donors (Lipinski definition) is 0. The number of fused-ring (bicyclic) bond motifs is 8. The molecule has 298 valence electrons. The van der Waals surface area contributed by atoms with Gasteiger partial charge in [-0.1, -0.05) is 82.4 Å². The van der Waals surface area contributed by atoms with Gasteiger partial charge in [0.1, 0.15) is 0 Å². The van der Waals surface area contributed by atoms with Crippen LogP contribution in [0, 0.1) is 27.7 Å². The van der Waals surface area contributed by atoms with Gasteiger partial charge in [-0.2, -0.15) is 16.8 Å². The van der Waals surface area contributed by atoms with Crippen LogP contribution in [0.25, 0.3) is 44.9 Å². The van der Waals surface area contributed by atoms with Gasteiger partial charge in [0, 0.05) is 0 Å². The maximum atomic E-state index is 12.9. The largest absolute Gasteiger partial charge is 2.00 e. The SMILES string of the molecule is CC1=Cc2cc3[n-]c(cc4nc(cc5[n-]c(cc1n2)cc5C)C(C)=C4CCCOS(=O)(=O)c1ccc(C)cc1)c(CCCOS(=O)(=O)c1ccc(C)cc1)c3C.[Ni+2]. The summed E-state index contributed by atoms with van der Waals surface area (Å²) < 4.78 is 62.6. The molecule has 7 rings (SSSR count). The summed E-state index contributed by atoms with van der Waals surface area (Å²) in [5.41, 5.74) is 13.9. The Labute approximate surface area is 344 Å². The first-order chi connectivity index (χ1) is 26.7. The van der Waals surface area contributed by atoms with Gasteiger partial charge in [-0.25, -0.2) is 9.97 Å². The van der Waals surface area contributed by atoms with Crippen molar-refractivity contribution in [2.75, 3.05) is 13.2 Å². The molecule has 13 heteroatoms. The third-order valence-electron chi connectivity index (χ3n) is 10.2. The molecule has 10 nitrogen and oxygen atoms in total. The van der Waals surface area contributed by atoms with Crippen molar-refractivity contribution in [3.8, 4) is 0 Å². The van der Waals surface area contributed by atoms with E-state index in [0.717, 1.165) is 78.2 Å². The average molecular weight is 848 g/mol. The predicted molar refractivity (Wildman–Crippen MR) is 221 cm³/mol. The topological polar surface area (TPSA) is 141 Å². The molecule has 5 aromatic rings. The van der Waals surface area contributed by atoms with Crippen LogP contribution < -0.4 is 9.97 Å². The van der Waals surface area contributed by atoms with E-state index in [9.17, 15) is 16.8 Å². The van der Waals surface area contributed by atoms with Crippen molar-refractivity contribution in [3.63, 3.8) is 0 Å². The van der Waals surface area contributed by atoms with E-state index in [0.29, 0.717) is 36.9 Å². The van der Waals surface area contributed by atoms with E-state index in [2.05, 4.69) is 0 Å². The Morgan fingerprint density at radius 1 is 0.596 bits per heavy atom. The number of rotatable bonds is 12. The van der Waals surface area contributed by atoms with Crippen LogP contribution in [0.4, 0.5) is 0 Å². The van der Waals surface area contributed by atoms with E-state index in [-0.39, 0.29) is 39.5 Å². The van der Waals surface area contributed by atoms with Gasteiger partial charge in [-0.15, -0.1) is 22.1 Å². The quantitative estimate of drug-likeness (QED) is 0.0680. The zero-order valence-corrected chi connectivity index (χ0v) is 35.3. The number of aryl methyl sites for hydroxylation is 5. The molecule has 0 radical (unpaired) electrons. The second kappa shape index (κ2) is 17.1. The Balaban J connectivity index is 0.00000549. The molecule has 0 spiro atoms. The molecular weight excluding hydrogens is 803 g/mol. The first-order valence-electron chi connectivity index (χ1n) is 18.6. The van der Waals surface area contributed by atoms with E-state index in [1.807, 2.05) is 78.0 Å². The van der Waals surface area contributed by atoms with Gasteiger partial charge in [-0.05, 0) is 114 Å². The summed E-state index contributed by atoms with van der Waals surface area (Å²) in [5.74, 6) is 0. The zero-order valence-electron chi connectivity index (χ0n) is 32.7. The summed E-state index contributed by atoms with van der Waals surface area (Å²) in [6.07, 6.45) is 3.90. The van der Waals surface area contributed by atoms with Crippen molar-refractivity contribution in [1.82, 2.24) is 19.9 Å². The Morgan fingerprint density at radius 3 is 1.79 bits per heavy atom. The second-order valence-corrected chi connectivity index (χ2v) is 17.7. The second-order valence-electron chi connectivity index (χ2n) is 14.4. The van der Waals surface area contributed by atoms with Crippen LogP contribution in [0.1, 0.15) is 83.7 Å². The number of hydrogen-bond acceptors (Lipinski definition) is 8. The van der Waals surface area contributed by atoms with Crippen LogP contribution in [0.2, 0.25) is 0 Å². The molecule has 8 bridgehead atoms. The molecule has 5 heterocycles. The maximum absolute atomic E-state index is 12.9. The predicted octanol–water partition coefficient (Wildman–Crippen LogP) is 8.82. The van der Waals surface area contributed by atoms with Crippen LogP contribution in [-0.2, 0) is 51.5 Å². The van der Waals surface area contributed by atoms with Gasteiger partial charge in [0.05, 0.1) is 45.8 Å². The Hall–Kier alpha value is -4.65. The molecule has 0 amide bonds.